The van der Waals surface area contributed by atoms with E-state index in [9.17, 15) is 4.79 Å². The SMILES string of the molecule is CC(C)(C)OC(=O)N1C(CBr)CCC1c1c[nH]c2c(N)ncnc12. The van der Waals surface area contributed by atoms with E-state index in [1.807, 2.05) is 31.9 Å². The maximum Gasteiger partial charge on any atom is 0.411 e. The first kappa shape index (κ1) is 17.0. The highest BCUT2D eigenvalue weighted by Gasteiger charge is 2.40. The van der Waals surface area contributed by atoms with Crippen LogP contribution in [0.3, 0.4) is 0 Å². The Bertz CT molecular complexity index is 754. The third-order valence-electron chi connectivity index (χ3n) is 4.17. The fraction of sp³-hybridized carbons (Fsp3) is 0.562. The molecule has 1 saturated heterocycles. The number of halogens is 1. The Morgan fingerprint density at radius 2 is 2.21 bits per heavy atom. The Morgan fingerprint density at radius 1 is 1.46 bits per heavy atom. The Morgan fingerprint density at radius 3 is 2.88 bits per heavy atom. The predicted molar refractivity (Wildman–Crippen MR) is 95.9 cm³/mol. The number of hydrogen-bond acceptors (Lipinski definition) is 5. The second-order valence-electron chi connectivity index (χ2n) is 7.02. The van der Waals surface area contributed by atoms with E-state index in [0.717, 1.165) is 23.9 Å². The number of nitrogens with one attached hydrogen (secondary N) is 1. The lowest BCUT2D eigenvalue weighted by atomic mass is 10.1. The molecule has 3 rings (SSSR count). The number of rotatable bonds is 2. The van der Waals surface area contributed by atoms with E-state index in [1.165, 1.54) is 6.33 Å². The molecular formula is C16H22BrN5O2. The van der Waals surface area contributed by atoms with Gasteiger partial charge in [-0.15, -0.1) is 0 Å². The van der Waals surface area contributed by atoms with E-state index < -0.39 is 5.60 Å². The Kier molecular flexibility index (Phi) is 4.42. The minimum absolute atomic E-state index is 0.0917. The zero-order valence-electron chi connectivity index (χ0n) is 14.0. The van der Waals surface area contributed by atoms with E-state index in [-0.39, 0.29) is 18.2 Å². The van der Waals surface area contributed by atoms with Crippen LogP contribution in [-0.4, -0.2) is 42.9 Å². The van der Waals surface area contributed by atoms with Gasteiger partial charge in [-0.05, 0) is 33.6 Å². The molecule has 3 N–H and O–H groups in total. The van der Waals surface area contributed by atoms with Crippen LogP contribution in [0.5, 0.6) is 0 Å². The van der Waals surface area contributed by atoms with Crippen molar-refractivity contribution in [1.29, 1.82) is 0 Å². The fourth-order valence-corrected chi connectivity index (χ4v) is 3.80. The average Bonchev–Trinajstić information content (AvgIpc) is 3.09. The Hall–Kier alpha value is -1.83. The number of carbonyl (C=O) groups excluding carboxylic acids is 1. The molecule has 0 spiro atoms. The van der Waals surface area contributed by atoms with Gasteiger partial charge in [0.2, 0.25) is 0 Å². The maximum atomic E-state index is 12.8. The summed E-state index contributed by atoms with van der Waals surface area (Å²) in [4.78, 5) is 26.1. The van der Waals surface area contributed by atoms with Gasteiger partial charge in [-0.3, -0.25) is 4.90 Å². The number of fused-ring (bicyclic) bond motifs is 1. The normalized spacial score (nSPS) is 21.4. The summed E-state index contributed by atoms with van der Waals surface area (Å²) in [5.74, 6) is 0.408. The van der Waals surface area contributed by atoms with Crippen LogP contribution in [0.4, 0.5) is 10.6 Å². The van der Waals surface area contributed by atoms with E-state index in [0.29, 0.717) is 16.7 Å². The van der Waals surface area contributed by atoms with Crippen molar-refractivity contribution in [3.63, 3.8) is 0 Å². The quantitative estimate of drug-likeness (QED) is 0.759. The Labute approximate surface area is 149 Å². The van der Waals surface area contributed by atoms with Crippen molar-refractivity contribution in [3.05, 3.63) is 18.1 Å². The van der Waals surface area contributed by atoms with Gasteiger partial charge in [0.25, 0.3) is 0 Å². The molecule has 24 heavy (non-hydrogen) atoms. The molecule has 2 aromatic heterocycles. The van der Waals surface area contributed by atoms with Crippen LogP contribution in [0.2, 0.25) is 0 Å². The standard InChI is InChI=1S/C16H22BrN5O2/c1-16(2,3)24-15(23)22-9(6-17)4-5-11(22)10-7-19-13-12(10)20-8-21-14(13)18/h7-9,11,19H,4-6H2,1-3H3,(H2,18,20,21). The van der Waals surface area contributed by atoms with Crippen LogP contribution < -0.4 is 5.73 Å². The van der Waals surface area contributed by atoms with Gasteiger partial charge in [-0.1, -0.05) is 15.9 Å². The summed E-state index contributed by atoms with van der Waals surface area (Å²) in [6.45, 7) is 5.62. The van der Waals surface area contributed by atoms with E-state index in [4.69, 9.17) is 10.5 Å². The van der Waals surface area contributed by atoms with Gasteiger partial charge in [0, 0.05) is 23.1 Å². The first-order valence-corrected chi connectivity index (χ1v) is 9.08. The summed E-state index contributed by atoms with van der Waals surface area (Å²) < 4.78 is 5.62. The topological polar surface area (TPSA) is 97.1 Å². The smallest absolute Gasteiger partial charge is 0.411 e. The third-order valence-corrected chi connectivity index (χ3v) is 4.91. The number of likely N-dealkylation sites (tertiary alicyclic amines) is 1. The summed E-state index contributed by atoms with van der Waals surface area (Å²) in [5, 5.41) is 0.711. The molecule has 8 heteroatoms. The van der Waals surface area contributed by atoms with E-state index in [2.05, 4.69) is 30.9 Å². The molecule has 130 valence electrons. The lowest BCUT2D eigenvalue weighted by Gasteiger charge is -2.32. The number of carbonyl (C=O) groups is 1. The van der Waals surface area contributed by atoms with Gasteiger partial charge < -0.3 is 15.5 Å². The van der Waals surface area contributed by atoms with Gasteiger partial charge in [-0.25, -0.2) is 14.8 Å². The first-order valence-electron chi connectivity index (χ1n) is 7.96. The number of hydrogen-bond donors (Lipinski definition) is 2. The lowest BCUT2D eigenvalue weighted by molar-refractivity contribution is 0.0163. The summed E-state index contributed by atoms with van der Waals surface area (Å²) in [6, 6.07) is -0.000524. The number of nitrogen functional groups attached to an aromatic ring is 1. The summed E-state index contributed by atoms with van der Waals surface area (Å²) >= 11 is 3.51. The van der Waals surface area contributed by atoms with Crippen molar-refractivity contribution in [1.82, 2.24) is 19.9 Å². The van der Waals surface area contributed by atoms with Gasteiger partial charge >= 0.3 is 6.09 Å². The molecule has 1 aliphatic rings. The summed E-state index contributed by atoms with van der Waals surface area (Å²) in [7, 11) is 0. The van der Waals surface area contributed by atoms with Gasteiger partial charge in [-0.2, -0.15) is 0 Å². The van der Waals surface area contributed by atoms with Crippen LogP contribution in [0.25, 0.3) is 11.0 Å². The van der Waals surface area contributed by atoms with Crippen molar-refractivity contribution in [2.45, 2.75) is 51.3 Å². The summed E-state index contributed by atoms with van der Waals surface area (Å²) in [5.41, 5.74) is 7.79. The zero-order chi connectivity index (χ0) is 17.5. The molecule has 0 aromatic carbocycles. The van der Waals surface area contributed by atoms with Crippen LogP contribution >= 0.6 is 15.9 Å². The molecule has 7 nitrogen and oxygen atoms in total. The molecule has 0 bridgehead atoms. The van der Waals surface area contributed by atoms with Crippen molar-refractivity contribution in [3.8, 4) is 0 Å². The van der Waals surface area contributed by atoms with Gasteiger partial charge in [0.1, 0.15) is 17.4 Å². The number of H-pyrrole nitrogens is 1. The van der Waals surface area contributed by atoms with E-state index >= 15 is 0 Å². The number of nitrogens with two attached hydrogens (primary N) is 1. The highest BCUT2D eigenvalue weighted by molar-refractivity contribution is 9.09. The number of nitrogens with zero attached hydrogens (tertiary/aromatic N) is 3. The molecule has 2 aromatic rings. The maximum absolute atomic E-state index is 12.8. The van der Waals surface area contributed by atoms with Gasteiger partial charge in [0.15, 0.2) is 5.82 Å². The van der Waals surface area contributed by atoms with Crippen LogP contribution in [0.1, 0.15) is 45.2 Å². The minimum Gasteiger partial charge on any atom is -0.444 e. The number of alkyl halides is 1. The largest absolute Gasteiger partial charge is 0.444 e. The van der Waals surface area contributed by atoms with Crippen molar-refractivity contribution < 1.29 is 9.53 Å². The van der Waals surface area contributed by atoms with Crippen molar-refractivity contribution in [2.75, 3.05) is 11.1 Å². The highest BCUT2D eigenvalue weighted by atomic mass is 79.9. The molecule has 0 aliphatic carbocycles. The Balaban J connectivity index is 1.98. The lowest BCUT2D eigenvalue weighted by Crippen LogP contribution is -2.41. The fourth-order valence-electron chi connectivity index (χ4n) is 3.16. The second-order valence-corrected chi connectivity index (χ2v) is 7.66. The van der Waals surface area contributed by atoms with Crippen LogP contribution in [0, 0.1) is 0 Å². The summed E-state index contributed by atoms with van der Waals surface area (Å²) in [6.07, 6.45) is 4.78. The molecule has 2 unspecified atom stereocenters. The first-order chi connectivity index (χ1) is 11.3. The number of amides is 1. The molecule has 1 aliphatic heterocycles. The molecular weight excluding hydrogens is 374 g/mol. The van der Waals surface area contributed by atoms with Crippen LogP contribution in [0.15, 0.2) is 12.5 Å². The molecule has 1 fully saturated rings. The number of aromatic amines is 1. The third kappa shape index (κ3) is 3.07. The highest BCUT2D eigenvalue weighted by Crippen LogP contribution is 2.40. The molecule has 0 saturated carbocycles. The number of ether oxygens (including phenoxy) is 1. The zero-order valence-corrected chi connectivity index (χ0v) is 15.6. The van der Waals surface area contributed by atoms with Gasteiger partial charge in [0.05, 0.1) is 11.6 Å². The predicted octanol–water partition coefficient (Wildman–Crippen LogP) is 3.38. The van der Waals surface area contributed by atoms with Crippen LogP contribution in [-0.2, 0) is 4.74 Å². The molecule has 1 amide bonds. The number of aromatic nitrogens is 3. The average molecular weight is 396 g/mol. The molecule has 2 atom stereocenters. The molecule has 0 radical (unpaired) electrons. The van der Waals surface area contributed by atoms with E-state index in [1.54, 1.807) is 0 Å². The second kappa shape index (κ2) is 6.23. The minimum atomic E-state index is -0.534. The van der Waals surface area contributed by atoms with Crippen molar-refractivity contribution in [2.24, 2.45) is 0 Å². The van der Waals surface area contributed by atoms with Crippen molar-refractivity contribution >= 4 is 38.9 Å². The molecule has 3 heterocycles. The number of anilines is 1. The monoisotopic (exact) mass is 395 g/mol.